The summed E-state index contributed by atoms with van der Waals surface area (Å²) in [4.78, 5) is 26.9. The topological polar surface area (TPSA) is 91.4 Å². The van der Waals surface area contributed by atoms with Gasteiger partial charge in [-0.2, -0.15) is 0 Å². The summed E-state index contributed by atoms with van der Waals surface area (Å²) in [6, 6.07) is 18.0. The van der Waals surface area contributed by atoms with Crippen LogP contribution in [0, 0.1) is 0 Å². The molecule has 5 rings (SSSR count). The van der Waals surface area contributed by atoms with Crippen molar-refractivity contribution < 1.29 is 19.4 Å². The first-order valence-corrected chi connectivity index (χ1v) is 10.6. The number of nitrogens with one attached hydrogen (secondary N) is 2. The predicted molar refractivity (Wildman–Crippen MR) is 123 cm³/mol. The van der Waals surface area contributed by atoms with Crippen molar-refractivity contribution in [2.45, 2.75) is 32.1 Å². The van der Waals surface area contributed by atoms with E-state index in [1.807, 2.05) is 42.6 Å². The van der Waals surface area contributed by atoms with Crippen LogP contribution in [0.15, 0.2) is 83.3 Å². The molecule has 3 N–H and O–H groups in total. The molecule has 2 aliphatic rings. The molecule has 0 saturated heterocycles. The highest BCUT2D eigenvalue weighted by Gasteiger charge is 2.34. The van der Waals surface area contributed by atoms with Gasteiger partial charge in [0.15, 0.2) is 5.78 Å². The van der Waals surface area contributed by atoms with Crippen molar-refractivity contribution in [1.82, 2.24) is 10.3 Å². The molecular weight excluding hydrogens is 404 g/mol. The van der Waals surface area contributed by atoms with Crippen LogP contribution in [0.4, 0.5) is 0 Å². The van der Waals surface area contributed by atoms with Crippen molar-refractivity contribution in [3.05, 3.63) is 88.9 Å². The van der Waals surface area contributed by atoms with Gasteiger partial charge in [-0.15, -0.1) is 0 Å². The lowest BCUT2D eigenvalue weighted by Crippen LogP contribution is -2.31. The zero-order chi connectivity index (χ0) is 22.7. The summed E-state index contributed by atoms with van der Waals surface area (Å²) in [5, 5.41) is 13.6. The number of fused-ring (bicyclic) bond motifs is 1. The molecule has 3 aromatic rings. The molecule has 0 saturated carbocycles. The second-order valence-corrected chi connectivity index (χ2v) is 8.00. The number of aromatic amines is 1. The Morgan fingerprint density at radius 2 is 1.81 bits per heavy atom. The molecule has 0 radical (unpaired) electrons. The Bertz CT molecular complexity index is 1210. The van der Waals surface area contributed by atoms with E-state index >= 15 is 0 Å². The van der Waals surface area contributed by atoms with Gasteiger partial charge in [0, 0.05) is 47.4 Å². The fraction of sp³-hybridized carbons (Fsp3) is 0.231. The Labute approximate surface area is 186 Å². The van der Waals surface area contributed by atoms with Gasteiger partial charge in [-0.1, -0.05) is 36.4 Å². The number of hydrogen-bond donors (Lipinski definition) is 3. The number of methoxy groups -OCH3 is 1. The normalized spacial score (nSPS) is 17.9. The highest BCUT2D eigenvalue weighted by molar-refractivity contribution is 6.01. The van der Waals surface area contributed by atoms with Gasteiger partial charge in [-0.3, -0.25) is 4.79 Å². The minimum absolute atomic E-state index is 0.0147. The number of ketones is 1. The van der Waals surface area contributed by atoms with Crippen LogP contribution in [-0.2, 0) is 9.59 Å². The molecular formula is C26H26N2O4. The number of ether oxygens (including phenoxy) is 1. The Kier molecular flexibility index (Phi) is 6.12. The number of carboxylic acid groups (broad SMARTS) is 1. The van der Waals surface area contributed by atoms with Gasteiger partial charge in [0.05, 0.1) is 12.7 Å². The van der Waals surface area contributed by atoms with E-state index < -0.39 is 5.97 Å². The quantitative estimate of drug-likeness (QED) is 0.549. The van der Waals surface area contributed by atoms with Crippen molar-refractivity contribution in [3.63, 3.8) is 0 Å². The maximum absolute atomic E-state index is 12.5. The summed E-state index contributed by atoms with van der Waals surface area (Å²) in [6.45, 7) is 1.74. The average Bonchev–Trinajstić information content (AvgIpc) is 3.27. The van der Waals surface area contributed by atoms with Crippen LogP contribution in [0.1, 0.15) is 37.7 Å². The number of aliphatic carboxylic acids is 1. The first-order chi connectivity index (χ1) is 15.5. The minimum atomic E-state index is -0.971. The molecule has 1 aliphatic carbocycles. The number of carbonyl (C=O) groups is 2. The Morgan fingerprint density at radius 1 is 1.06 bits per heavy atom. The third-order valence-electron chi connectivity index (χ3n) is 6.03. The third kappa shape index (κ3) is 4.30. The summed E-state index contributed by atoms with van der Waals surface area (Å²) < 4.78 is 5.40. The number of H-pyrrole nitrogens is 1. The molecule has 32 heavy (non-hydrogen) atoms. The van der Waals surface area contributed by atoms with Crippen LogP contribution >= 0.6 is 0 Å². The van der Waals surface area contributed by atoms with E-state index in [4.69, 9.17) is 4.74 Å². The number of rotatable bonds is 3. The lowest BCUT2D eigenvalue weighted by atomic mass is 9.78. The lowest BCUT2D eigenvalue weighted by Gasteiger charge is -2.31. The zero-order valence-electron chi connectivity index (χ0n) is 18.1. The molecule has 0 amide bonds. The Balaban J connectivity index is 0.000000225. The van der Waals surface area contributed by atoms with E-state index in [2.05, 4.69) is 28.5 Å². The fourth-order valence-corrected chi connectivity index (χ4v) is 4.35. The van der Waals surface area contributed by atoms with Crippen molar-refractivity contribution in [1.29, 1.82) is 0 Å². The van der Waals surface area contributed by atoms with Gasteiger partial charge < -0.3 is 20.1 Å². The van der Waals surface area contributed by atoms with Crippen molar-refractivity contribution in [2.75, 3.05) is 7.11 Å². The van der Waals surface area contributed by atoms with Crippen LogP contribution < -0.4 is 10.1 Å². The number of Topliss-reactive ketones (excluding diaryl/α,β-unsaturated/α-hetero) is 1. The molecule has 1 unspecified atom stereocenters. The second kappa shape index (κ2) is 9.14. The van der Waals surface area contributed by atoms with Gasteiger partial charge >= 0.3 is 5.97 Å². The number of aromatic nitrogens is 1. The molecule has 1 atom stereocenters. The van der Waals surface area contributed by atoms with E-state index in [0.717, 1.165) is 17.0 Å². The summed E-state index contributed by atoms with van der Waals surface area (Å²) >= 11 is 0. The van der Waals surface area contributed by atoms with Crippen LogP contribution in [0.2, 0.25) is 0 Å². The zero-order valence-corrected chi connectivity index (χ0v) is 18.1. The van der Waals surface area contributed by atoms with Crippen LogP contribution in [0.25, 0.3) is 10.9 Å². The Hall–Kier alpha value is -3.80. The summed E-state index contributed by atoms with van der Waals surface area (Å²) in [5.74, 6) is -0.130. The first kappa shape index (κ1) is 21.4. The summed E-state index contributed by atoms with van der Waals surface area (Å²) in [6.07, 6.45) is 3.23. The van der Waals surface area contributed by atoms with E-state index in [1.165, 1.54) is 10.9 Å². The predicted octanol–water partition coefficient (Wildman–Crippen LogP) is 4.92. The maximum atomic E-state index is 12.5. The van der Waals surface area contributed by atoms with Gasteiger partial charge in [-0.25, -0.2) is 4.79 Å². The molecule has 1 aromatic heterocycles. The number of hydrogen-bond acceptors (Lipinski definition) is 4. The van der Waals surface area contributed by atoms with Crippen LogP contribution in [-0.4, -0.2) is 29.0 Å². The number of para-hydroxylation sites is 2. The van der Waals surface area contributed by atoms with Crippen molar-refractivity contribution in [3.8, 4) is 5.75 Å². The molecule has 0 spiro atoms. The third-order valence-corrected chi connectivity index (χ3v) is 6.03. The molecule has 6 heteroatoms. The highest BCUT2D eigenvalue weighted by atomic mass is 16.5. The number of benzene rings is 2. The number of carbonyl (C=O) groups excluding carboxylic acids is 1. The molecule has 1 aliphatic heterocycles. The van der Waals surface area contributed by atoms with E-state index in [9.17, 15) is 14.7 Å². The van der Waals surface area contributed by atoms with E-state index in [1.54, 1.807) is 14.0 Å². The standard InChI is InChI=1S/C18H19NO4.C8H7N/c1-10-13(18(21)22)9-14-15(19-10)7-11(8-16(14)20)12-5-3-4-6-17(12)23-2;1-2-4-8-7(3-1)5-6-9-8/h3-6,11,19H,7-9H2,1-2H3,(H,21,22);1-6,9H. The van der Waals surface area contributed by atoms with Gasteiger partial charge in [-0.05, 0) is 42.5 Å². The maximum Gasteiger partial charge on any atom is 0.333 e. The Morgan fingerprint density at radius 3 is 2.56 bits per heavy atom. The molecule has 164 valence electrons. The van der Waals surface area contributed by atoms with Crippen LogP contribution in [0.3, 0.4) is 0 Å². The van der Waals surface area contributed by atoms with Gasteiger partial charge in [0.2, 0.25) is 0 Å². The monoisotopic (exact) mass is 430 g/mol. The minimum Gasteiger partial charge on any atom is -0.496 e. The van der Waals surface area contributed by atoms with Gasteiger partial charge in [0.25, 0.3) is 0 Å². The molecule has 0 fully saturated rings. The second-order valence-electron chi connectivity index (χ2n) is 8.00. The summed E-state index contributed by atoms with van der Waals surface area (Å²) in [7, 11) is 1.62. The average molecular weight is 431 g/mol. The van der Waals surface area contributed by atoms with E-state index in [0.29, 0.717) is 24.1 Å². The lowest BCUT2D eigenvalue weighted by molar-refractivity contribution is -0.132. The molecule has 6 nitrogen and oxygen atoms in total. The van der Waals surface area contributed by atoms with Gasteiger partial charge in [0.1, 0.15) is 5.75 Å². The van der Waals surface area contributed by atoms with Crippen molar-refractivity contribution >= 4 is 22.7 Å². The molecule has 0 bridgehead atoms. The first-order valence-electron chi connectivity index (χ1n) is 10.6. The van der Waals surface area contributed by atoms with Crippen LogP contribution in [0.5, 0.6) is 5.75 Å². The molecule has 2 heterocycles. The van der Waals surface area contributed by atoms with E-state index in [-0.39, 0.29) is 23.7 Å². The number of dihydropyridines is 1. The molecule has 2 aromatic carbocycles. The highest BCUT2D eigenvalue weighted by Crippen LogP contribution is 2.41. The number of carboxylic acids is 1. The fourth-order valence-electron chi connectivity index (χ4n) is 4.35. The SMILES string of the molecule is COc1ccccc1C1CC(=O)C2=C(C1)NC(C)=C(C(=O)O)C2.c1ccc2[nH]ccc2c1. The summed E-state index contributed by atoms with van der Waals surface area (Å²) in [5.41, 5.74) is 4.57. The smallest absolute Gasteiger partial charge is 0.333 e. The largest absolute Gasteiger partial charge is 0.496 e. The number of allylic oxidation sites excluding steroid dienone is 3. The van der Waals surface area contributed by atoms with Crippen molar-refractivity contribution in [2.24, 2.45) is 0 Å².